The average Bonchev–Trinajstić information content (AvgIpc) is 2.38. The van der Waals surface area contributed by atoms with E-state index in [9.17, 15) is 4.39 Å². The molecule has 3 nitrogen and oxygen atoms in total. The minimum atomic E-state index is -0.335. The Morgan fingerprint density at radius 3 is 2.75 bits per heavy atom. The summed E-state index contributed by atoms with van der Waals surface area (Å²) in [6, 6.07) is 4.59. The van der Waals surface area contributed by atoms with Crippen molar-refractivity contribution in [2.75, 3.05) is 19.8 Å². The third kappa shape index (κ3) is 7.25. The lowest BCUT2D eigenvalue weighted by Crippen LogP contribution is -2.09. The first-order valence-corrected chi connectivity index (χ1v) is 6.70. The van der Waals surface area contributed by atoms with Crippen LogP contribution in [-0.4, -0.2) is 31.0 Å². The highest BCUT2D eigenvalue weighted by Gasteiger charge is 2.00. The van der Waals surface area contributed by atoms with Crippen LogP contribution in [0.15, 0.2) is 18.2 Å². The van der Waals surface area contributed by atoms with Gasteiger partial charge in [-0.25, -0.2) is 4.39 Å². The summed E-state index contributed by atoms with van der Waals surface area (Å²) in [5, 5.41) is 8.65. The molecule has 0 fully saturated rings. The molecule has 0 saturated heterocycles. The van der Waals surface area contributed by atoms with Crippen molar-refractivity contribution < 1.29 is 19.0 Å². The van der Waals surface area contributed by atoms with Gasteiger partial charge in [0.2, 0.25) is 0 Å². The summed E-state index contributed by atoms with van der Waals surface area (Å²) in [6.45, 7) is 5.26. The summed E-state index contributed by atoms with van der Waals surface area (Å²) in [5.41, 5.74) is 1.33. The Morgan fingerprint density at radius 1 is 1.25 bits per heavy atom. The van der Waals surface area contributed by atoms with Crippen LogP contribution in [0, 0.1) is 17.7 Å². The van der Waals surface area contributed by atoms with Gasteiger partial charge in [-0.3, -0.25) is 0 Å². The molecular weight excluding hydrogens is 259 g/mol. The van der Waals surface area contributed by atoms with Crippen LogP contribution in [-0.2, 0) is 16.1 Å². The number of aliphatic hydroxyl groups excluding tert-OH is 1. The highest BCUT2D eigenvalue weighted by molar-refractivity contribution is 5.37. The maximum absolute atomic E-state index is 13.4. The molecule has 0 unspecified atom stereocenters. The van der Waals surface area contributed by atoms with Crippen molar-refractivity contribution in [1.29, 1.82) is 0 Å². The van der Waals surface area contributed by atoms with Crippen LogP contribution in [0.5, 0.6) is 0 Å². The maximum Gasteiger partial charge on any atom is 0.124 e. The molecule has 0 heterocycles. The van der Waals surface area contributed by atoms with Gasteiger partial charge in [0.15, 0.2) is 0 Å². The van der Waals surface area contributed by atoms with Crippen molar-refractivity contribution in [3.05, 3.63) is 35.1 Å². The second-order valence-electron chi connectivity index (χ2n) is 4.60. The fourth-order valence-electron chi connectivity index (χ4n) is 1.56. The number of benzene rings is 1. The molecule has 0 aliphatic heterocycles. The number of ether oxygens (including phenoxy) is 2. The third-order valence-corrected chi connectivity index (χ3v) is 2.37. The van der Waals surface area contributed by atoms with Crippen LogP contribution < -0.4 is 0 Å². The van der Waals surface area contributed by atoms with Gasteiger partial charge in [0.05, 0.1) is 32.5 Å². The van der Waals surface area contributed by atoms with Crippen LogP contribution in [0.4, 0.5) is 4.39 Å². The molecule has 0 radical (unpaired) electrons. The summed E-state index contributed by atoms with van der Waals surface area (Å²) >= 11 is 0. The van der Waals surface area contributed by atoms with E-state index in [1.807, 2.05) is 13.8 Å². The van der Waals surface area contributed by atoms with Crippen molar-refractivity contribution in [3.8, 4) is 11.8 Å². The van der Waals surface area contributed by atoms with E-state index in [4.69, 9.17) is 14.6 Å². The molecule has 20 heavy (non-hydrogen) atoms. The van der Waals surface area contributed by atoms with Gasteiger partial charge in [-0.15, -0.1) is 0 Å². The SMILES string of the molecule is CC(C)OCCOCc1cc(F)cc(C#CCCO)c1. The molecule has 4 heteroatoms. The summed E-state index contributed by atoms with van der Waals surface area (Å²) in [6.07, 6.45) is 0.565. The number of hydrogen-bond acceptors (Lipinski definition) is 3. The van der Waals surface area contributed by atoms with Crippen molar-refractivity contribution in [3.63, 3.8) is 0 Å². The van der Waals surface area contributed by atoms with Crippen molar-refractivity contribution in [1.82, 2.24) is 0 Å². The Labute approximate surface area is 119 Å². The second-order valence-corrected chi connectivity index (χ2v) is 4.60. The predicted molar refractivity (Wildman–Crippen MR) is 75.7 cm³/mol. The second kappa shape index (κ2) is 9.49. The maximum atomic E-state index is 13.4. The number of aliphatic hydroxyl groups is 1. The zero-order valence-electron chi connectivity index (χ0n) is 12.0. The van der Waals surface area contributed by atoms with E-state index in [-0.39, 0.29) is 18.5 Å². The lowest BCUT2D eigenvalue weighted by atomic mass is 10.1. The van der Waals surface area contributed by atoms with Crippen LogP contribution in [0.25, 0.3) is 0 Å². The molecule has 0 spiro atoms. The number of halogens is 1. The van der Waals surface area contributed by atoms with Crippen LogP contribution >= 0.6 is 0 Å². The highest BCUT2D eigenvalue weighted by atomic mass is 19.1. The molecule has 1 aromatic carbocycles. The zero-order chi connectivity index (χ0) is 14.8. The molecule has 0 saturated carbocycles. The Kier molecular flexibility index (Phi) is 7.89. The Balaban J connectivity index is 2.47. The smallest absolute Gasteiger partial charge is 0.124 e. The Morgan fingerprint density at radius 2 is 2.05 bits per heavy atom. The van der Waals surface area contributed by atoms with Gasteiger partial charge in [0.1, 0.15) is 5.82 Å². The van der Waals surface area contributed by atoms with Gasteiger partial charge in [0, 0.05) is 12.0 Å². The normalized spacial score (nSPS) is 10.4. The van der Waals surface area contributed by atoms with Gasteiger partial charge >= 0.3 is 0 Å². The van der Waals surface area contributed by atoms with Crippen molar-refractivity contribution in [2.24, 2.45) is 0 Å². The predicted octanol–water partition coefficient (Wildman–Crippen LogP) is 2.50. The average molecular weight is 280 g/mol. The lowest BCUT2D eigenvalue weighted by Gasteiger charge is -2.08. The molecule has 1 N–H and O–H groups in total. The van der Waals surface area contributed by atoms with E-state index in [0.29, 0.717) is 31.8 Å². The first kappa shape index (κ1) is 16.6. The van der Waals surface area contributed by atoms with Gasteiger partial charge in [-0.05, 0) is 37.6 Å². The Hall–Kier alpha value is -1.41. The molecule has 0 atom stereocenters. The van der Waals surface area contributed by atoms with Gasteiger partial charge in [0.25, 0.3) is 0 Å². The van der Waals surface area contributed by atoms with Crippen LogP contribution in [0.2, 0.25) is 0 Å². The molecule has 0 aliphatic rings. The van der Waals surface area contributed by atoms with E-state index in [2.05, 4.69) is 11.8 Å². The summed E-state index contributed by atoms with van der Waals surface area (Å²) in [4.78, 5) is 0. The van der Waals surface area contributed by atoms with E-state index in [0.717, 1.165) is 5.56 Å². The van der Waals surface area contributed by atoms with Crippen LogP contribution in [0.1, 0.15) is 31.4 Å². The van der Waals surface area contributed by atoms with Crippen LogP contribution in [0.3, 0.4) is 0 Å². The minimum absolute atomic E-state index is 0.00807. The molecule has 1 rings (SSSR count). The monoisotopic (exact) mass is 280 g/mol. The quantitative estimate of drug-likeness (QED) is 0.616. The number of rotatable bonds is 7. The molecule has 0 amide bonds. The molecule has 0 aromatic heterocycles. The summed E-state index contributed by atoms with van der Waals surface area (Å²) in [5.74, 6) is 5.24. The van der Waals surface area contributed by atoms with Gasteiger partial charge in [-0.1, -0.05) is 11.8 Å². The molecule has 1 aromatic rings. The van der Waals surface area contributed by atoms with E-state index < -0.39 is 0 Å². The fraction of sp³-hybridized carbons (Fsp3) is 0.500. The van der Waals surface area contributed by atoms with E-state index in [1.54, 1.807) is 6.07 Å². The fourth-order valence-corrected chi connectivity index (χ4v) is 1.56. The molecule has 0 bridgehead atoms. The lowest BCUT2D eigenvalue weighted by molar-refractivity contribution is 0.0142. The van der Waals surface area contributed by atoms with E-state index >= 15 is 0 Å². The third-order valence-electron chi connectivity index (χ3n) is 2.37. The highest BCUT2D eigenvalue weighted by Crippen LogP contribution is 2.10. The minimum Gasteiger partial charge on any atom is -0.395 e. The van der Waals surface area contributed by atoms with Gasteiger partial charge in [-0.2, -0.15) is 0 Å². The number of hydrogen-bond donors (Lipinski definition) is 1. The first-order chi connectivity index (χ1) is 9.61. The van der Waals surface area contributed by atoms with Crippen molar-refractivity contribution >= 4 is 0 Å². The topological polar surface area (TPSA) is 38.7 Å². The van der Waals surface area contributed by atoms with E-state index in [1.165, 1.54) is 12.1 Å². The summed E-state index contributed by atoms with van der Waals surface area (Å²) in [7, 11) is 0. The molecule has 110 valence electrons. The standard InChI is InChI=1S/C16H21FO3/c1-13(2)20-8-7-19-12-15-9-14(5-3-4-6-18)10-16(17)11-15/h9-11,13,18H,4,6-8,12H2,1-2H3. The summed E-state index contributed by atoms with van der Waals surface area (Å²) < 4.78 is 24.2. The Bertz CT molecular complexity index is 461. The molecular formula is C16H21FO3. The largest absolute Gasteiger partial charge is 0.395 e. The van der Waals surface area contributed by atoms with Gasteiger partial charge < -0.3 is 14.6 Å². The first-order valence-electron chi connectivity index (χ1n) is 6.70. The molecule has 0 aliphatic carbocycles. The van der Waals surface area contributed by atoms with Crippen molar-refractivity contribution in [2.45, 2.75) is 33.0 Å². The zero-order valence-corrected chi connectivity index (χ0v) is 12.0.